The summed E-state index contributed by atoms with van der Waals surface area (Å²) in [6.07, 6.45) is 0. The number of amides is 1. The highest BCUT2D eigenvalue weighted by atomic mass is 16.1. The van der Waals surface area contributed by atoms with Gasteiger partial charge in [0, 0.05) is 24.9 Å². The van der Waals surface area contributed by atoms with Crippen molar-refractivity contribution in [1.29, 1.82) is 0 Å². The largest absolute Gasteiger partial charge is 0.356 e. The van der Waals surface area contributed by atoms with Gasteiger partial charge in [-0.15, -0.1) is 0 Å². The summed E-state index contributed by atoms with van der Waals surface area (Å²) in [5.41, 5.74) is 7.91. The second-order valence-corrected chi connectivity index (χ2v) is 3.46. The Balaban J connectivity index is 3.85. The summed E-state index contributed by atoms with van der Waals surface area (Å²) in [6, 6.07) is 0. The van der Waals surface area contributed by atoms with Crippen LogP contribution in [0, 0.1) is 5.41 Å². The molecular weight excluding hydrogens is 156 g/mol. The molecule has 0 atom stereocenters. The smallest absolute Gasteiger partial charge is 0.216 e. The Morgan fingerprint density at radius 2 is 2.25 bits per heavy atom. The first-order valence-corrected chi connectivity index (χ1v) is 3.73. The minimum atomic E-state index is -0.169. The maximum atomic E-state index is 10.5. The van der Waals surface area contributed by atoms with E-state index in [1.165, 1.54) is 6.92 Å². The third-order valence-corrected chi connectivity index (χ3v) is 1.38. The first kappa shape index (κ1) is 10.8. The molecule has 0 aliphatic heterocycles. The van der Waals surface area contributed by atoms with E-state index in [0.717, 1.165) is 0 Å². The molecule has 0 aliphatic carbocycles. The molecule has 0 aromatic heterocycles. The van der Waals surface area contributed by atoms with Crippen molar-refractivity contribution in [2.24, 2.45) is 10.5 Å². The lowest BCUT2D eigenvalue weighted by Gasteiger charge is -2.21. The Bertz CT molecular complexity index is 205. The number of hydrogen-bond acceptors (Lipinski definition) is 2. The molecule has 0 bridgehead atoms. The van der Waals surface area contributed by atoms with E-state index >= 15 is 0 Å². The van der Waals surface area contributed by atoms with Gasteiger partial charge in [0.1, 0.15) is 0 Å². The molecule has 5 nitrogen and oxygen atoms in total. The summed E-state index contributed by atoms with van der Waals surface area (Å²) in [5.74, 6) is -0.0657. The number of nitrogens with zero attached hydrogens (tertiary/aromatic N) is 3. The average Bonchev–Trinajstić information content (AvgIpc) is 1.98. The SMILES string of the molecule is CC(=O)NCC(C)(C)CN=[N+]=[N-]. The van der Waals surface area contributed by atoms with Crippen LogP contribution in [0.3, 0.4) is 0 Å². The van der Waals surface area contributed by atoms with Crippen molar-refractivity contribution in [1.82, 2.24) is 5.32 Å². The molecule has 0 unspecified atom stereocenters. The maximum absolute atomic E-state index is 10.5. The molecule has 12 heavy (non-hydrogen) atoms. The van der Waals surface area contributed by atoms with Gasteiger partial charge in [0.2, 0.25) is 5.91 Å². The lowest BCUT2D eigenvalue weighted by Crippen LogP contribution is -2.34. The van der Waals surface area contributed by atoms with E-state index in [2.05, 4.69) is 15.3 Å². The molecule has 0 radical (unpaired) electrons. The van der Waals surface area contributed by atoms with Crippen LogP contribution >= 0.6 is 0 Å². The van der Waals surface area contributed by atoms with Crippen LogP contribution in [0.25, 0.3) is 10.4 Å². The second-order valence-electron chi connectivity index (χ2n) is 3.46. The van der Waals surface area contributed by atoms with Gasteiger partial charge in [-0.2, -0.15) is 0 Å². The standard InChI is InChI=1S/C7H14N4O/c1-6(12)9-4-7(2,3)5-10-11-8/h4-5H2,1-3H3,(H,9,12). The van der Waals surface area contributed by atoms with Gasteiger partial charge in [-0.25, -0.2) is 0 Å². The fourth-order valence-corrected chi connectivity index (χ4v) is 0.643. The van der Waals surface area contributed by atoms with Crippen LogP contribution in [-0.4, -0.2) is 19.0 Å². The van der Waals surface area contributed by atoms with Crippen molar-refractivity contribution in [2.45, 2.75) is 20.8 Å². The van der Waals surface area contributed by atoms with E-state index < -0.39 is 0 Å². The van der Waals surface area contributed by atoms with E-state index in [-0.39, 0.29) is 11.3 Å². The number of nitrogens with one attached hydrogen (secondary N) is 1. The van der Waals surface area contributed by atoms with Crippen LogP contribution in [0.2, 0.25) is 0 Å². The van der Waals surface area contributed by atoms with Crippen LogP contribution < -0.4 is 5.32 Å². The Hall–Kier alpha value is -1.22. The van der Waals surface area contributed by atoms with Gasteiger partial charge in [-0.1, -0.05) is 19.0 Å². The summed E-state index contributed by atoms with van der Waals surface area (Å²) in [7, 11) is 0. The highest BCUT2D eigenvalue weighted by Gasteiger charge is 2.16. The minimum Gasteiger partial charge on any atom is -0.356 e. The zero-order valence-corrected chi connectivity index (χ0v) is 7.66. The Morgan fingerprint density at radius 3 is 2.67 bits per heavy atom. The third kappa shape index (κ3) is 5.56. The molecule has 0 rings (SSSR count). The number of carbonyl (C=O) groups is 1. The lowest BCUT2D eigenvalue weighted by atomic mass is 9.94. The molecule has 0 fully saturated rings. The van der Waals surface area contributed by atoms with Gasteiger partial charge >= 0.3 is 0 Å². The fraction of sp³-hybridized carbons (Fsp3) is 0.857. The van der Waals surface area contributed by atoms with E-state index in [4.69, 9.17) is 5.53 Å². The van der Waals surface area contributed by atoms with Crippen molar-refractivity contribution in [3.05, 3.63) is 10.4 Å². The van der Waals surface area contributed by atoms with Crippen molar-refractivity contribution < 1.29 is 4.79 Å². The molecule has 0 aliphatic rings. The summed E-state index contributed by atoms with van der Waals surface area (Å²) in [4.78, 5) is 13.2. The molecule has 68 valence electrons. The summed E-state index contributed by atoms with van der Waals surface area (Å²) < 4.78 is 0. The first-order valence-electron chi connectivity index (χ1n) is 3.73. The van der Waals surface area contributed by atoms with Gasteiger partial charge in [0.15, 0.2) is 0 Å². The fourth-order valence-electron chi connectivity index (χ4n) is 0.643. The normalized spacial score (nSPS) is 10.2. The number of azide groups is 1. The highest BCUT2D eigenvalue weighted by Crippen LogP contribution is 2.13. The van der Waals surface area contributed by atoms with Crippen LogP contribution in [0.15, 0.2) is 5.11 Å². The van der Waals surface area contributed by atoms with Gasteiger partial charge < -0.3 is 5.32 Å². The van der Waals surface area contributed by atoms with Crippen molar-refractivity contribution in [3.8, 4) is 0 Å². The number of carbonyl (C=O) groups excluding carboxylic acids is 1. The van der Waals surface area contributed by atoms with Crippen molar-refractivity contribution >= 4 is 5.91 Å². The predicted octanol–water partition coefficient (Wildman–Crippen LogP) is 1.46. The van der Waals surface area contributed by atoms with Gasteiger partial charge in [-0.05, 0) is 10.9 Å². The molecule has 0 saturated heterocycles. The molecule has 1 N–H and O–H groups in total. The molecule has 0 heterocycles. The van der Waals surface area contributed by atoms with Crippen molar-refractivity contribution in [2.75, 3.05) is 13.1 Å². The zero-order valence-electron chi connectivity index (χ0n) is 7.66. The van der Waals surface area contributed by atoms with E-state index in [0.29, 0.717) is 13.1 Å². The van der Waals surface area contributed by atoms with E-state index in [1.807, 2.05) is 13.8 Å². The molecule has 0 aromatic carbocycles. The third-order valence-electron chi connectivity index (χ3n) is 1.38. The molecule has 5 heteroatoms. The van der Waals surface area contributed by atoms with Crippen LogP contribution in [0.4, 0.5) is 0 Å². The maximum Gasteiger partial charge on any atom is 0.216 e. The second kappa shape index (κ2) is 4.62. The number of hydrogen-bond donors (Lipinski definition) is 1. The number of rotatable bonds is 4. The van der Waals surface area contributed by atoms with Crippen LogP contribution in [0.1, 0.15) is 20.8 Å². The van der Waals surface area contributed by atoms with Gasteiger partial charge in [0.05, 0.1) is 0 Å². The zero-order chi connectivity index (χ0) is 9.61. The Labute approximate surface area is 71.8 Å². The summed E-state index contributed by atoms with van der Waals surface area (Å²) >= 11 is 0. The molecule has 0 spiro atoms. The van der Waals surface area contributed by atoms with E-state index in [1.54, 1.807) is 0 Å². The molecule has 0 saturated carbocycles. The quantitative estimate of drug-likeness (QED) is 0.387. The summed E-state index contributed by atoms with van der Waals surface area (Å²) in [6.45, 7) is 6.24. The Kier molecular flexibility index (Phi) is 4.15. The summed E-state index contributed by atoms with van der Waals surface area (Å²) in [5, 5.41) is 6.12. The molecule has 1 amide bonds. The molecular formula is C7H14N4O. The molecule has 0 aromatic rings. The Morgan fingerprint density at radius 1 is 1.67 bits per heavy atom. The predicted molar refractivity (Wildman–Crippen MR) is 46.5 cm³/mol. The van der Waals surface area contributed by atoms with E-state index in [9.17, 15) is 4.79 Å². The highest BCUT2D eigenvalue weighted by molar-refractivity contribution is 5.72. The van der Waals surface area contributed by atoms with Crippen molar-refractivity contribution in [3.63, 3.8) is 0 Å². The van der Waals surface area contributed by atoms with Gasteiger partial charge in [0.25, 0.3) is 0 Å². The minimum absolute atomic E-state index is 0.0657. The van der Waals surface area contributed by atoms with Crippen LogP contribution in [0.5, 0.6) is 0 Å². The lowest BCUT2D eigenvalue weighted by molar-refractivity contribution is -0.119. The van der Waals surface area contributed by atoms with Gasteiger partial charge in [-0.3, -0.25) is 4.79 Å². The first-order chi connectivity index (χ1) is 5.48. The van der Waals surface area contributed by atoms with Crippen LogP contribution in [-0.2, 0) is 4.79 Å². The average molecular weight is 170 g/mol. The topological polar surface area (TPSA) is 77.9 Å². The monoisotopic (exact) mass is 170 g/mol.